The minimum Gasteiger partial charge on any atom is -0.264 e. The molecule has 0 N–H and O–H groups in total. The fourth-order valence-corrected chi connectivity index (χ4v) is 2.97. The Morgan fingerprint density at radius 1 is 1.24 bits per heavy atom. The van der Waals surface area contributed by atoms with Gasteiger partial charge in [-0.1, -0.05) is 44.1 Å². The van der Waals surface area contributed by atoms with Crippen LogP contribution < -0.4 is 0 Å². The van der Waals surface area contributed by atoms with Gasteiger partial charge in [-0.2, -0.15) is 0 Å². The van der Waals surface area contributed by atoms with Crippen molar-refractivity contribution in [3.05, 3.63) is 58.9 Å². The van der Waals surface area contributed by atoms with E-state index in [1.165, 1.54) is 0 Å². The van der Waals surface area contributed by atoms with Crippen molar-refractivity contribution in [1.29, 1.82) is 0 Å². The van der Waals surface area contributed by atoms with Crippen LogP contribution in [0.2, 0.25) is 5.02 Å². The minimum atomic E-state index is 0.0784. The fourth-order valence-electron chi connectivity index (χ4n) is 1.78. The van der Waals surface area contributed by atoms with E-state index in [1.54, 1.807) is 18.0 Å². The molecule has 2 aromatic rings. The van der Waals surface area contributed by atoms with E-state index in [4.69, 9.17) is 16.6 Å². The molecule has 0 bridgehead atoms. The molecule has 0 aliphatic rings. The first-order chi connectivity index (χ1) is 9.85. The van der Waals surface area contributed by atoms with E-state index in [2.05, 4.69) is 25.8 Å². The van der Waals surface area contributed by atoms with Gasteiger partial charge in [0.25, 0.3) is 0 Å². The monoisotopic (exact) mass is 318 g/mol. The number of hydrogen-bond donors (Lipinski definition) is 0. The van der Waals surface area contributed by atoms with Gasteiger partial charge in [0.15, 0.2) is 0 Å². The van der Waals surface area contributed by atoms with Crippen LogP contribution in [0, 0.1) is 6.92 Å². The Bertz CT molecular complexity index is 646. The predicted octanol–water partition coefficient (Wildman–Crippen LogP) is 5.65. The molecule has 0 spiro atoms. The van der Waals surface area contributed by atoms with Gasteiger partial charge < -0.3 is 0 Å². The first-order valence-corrected chi connectivity index (χ1v) is 7.99. The lowest BCUT2D eigenvalue weighted by Gasteiger charge is -2.19. The Morgan fingerprint density at radius 3 is 2.57 bits per heavy atom. The maximum atomic E-state index is 6.01. The third-order valence-electron chi connectivity index (χ3n) is 2.69. The highest BCUT2D eigenvalue weighted by molar-refractivity contribution is 8.15. The van der Waals surface area contributed by atoms with E-state index in [1.807, 2.05) is 43.5 Å². The fraction of sp³-hybridized carbons (Fsp3) is 0.294. The molecule has 0 saturated carbocycles. The van der Waals surface area contributed by atoms with Crippen LogP contribution in [0.5, 0.6) is 0 Å². The standard InChI is InChI=1S/C17H19ClN2S/c1-12-10-14(18)7-8-15(12)20-16(21-17(2,3)4)13-6-5-9-19-11-13/h5-11H,1-4H3. The van der Waals surface area contributed by atoms with Crippen LogP contribution in [-0.4, -0.2) is 14.8 Å². The molecule has 0 fully saturated rings. The van der Waals surface area contributed by atoms with Gasteiger partial charge in [-0.25, -0.2) is 4.99 Å². The molecule has 0 radical (unpaired) electrons. The Hall–Kier alpha value is -1.32. The zero-order chi connectivity index (χ0) is 15.5. The smallest absolute Gasteiger partial charge is 0.106 e. The van der Waals surface area contributed by atoms with Gasteiger partial charge in [0.05, 0.1) is 5.69 Å². The van der Waals surface area contributed by atoms with Crippen LogP contribution in [-0.2, 0) is 0 Å². The van der Waals surface area contributed by atoms with Crippen LogP contribution in [0.4, 0.5) is 5.69 Å². The third kappa shape index (κ3) is 4.87. The first-order valence-electron chi connectivity index (χ1n) is 6.79. The lowest BCUT2D eigenvalue weighted by Crippen LogP contribution is -2.12. The van der Waals surface area contributed by atoms with Gasteiger partial charge >= 0.3 is 0 Å². The van der Waals surface area contributed by atoms with Gasteiger partial charge in [-0.05, 0) is 42.8 Å². The normalized spacial score (nSPS) is 12.5. The van der Waals surface area contributed by atoms with E-state index < -0.39 is 0 Å². The number of thioether (sulfide) groups is 1. The number of hydrogen-bond acceptors (Lipinski definition) is 3. The van der Waals surface area contributed by atoms with E-state index in [0.717, 1.165) is 26.9 Å². The van der Waals surface area contributed by atoms with E-state index in [0.29, 0.717) is 0 Å². The van der Waals surface area contributed by atoms with Crippen molar-refractivity contribution >= 4 is 34.1 Å². The lowest BCUT2D eigenvalue weighted by molar-refractivity contribution is 0.809. The second kappa shape index (κ2) is 6.63. The van der Waals surface area contributed by atoms with E-state index in [-0.39, 0.29) is 4.75 Å². The van der Waals surface area contributed by atoms with Crippen LogP contribution in [0.1, 0.15) is 31.9 Å². The number of pyridine rings is 1. The molecule has 1 heterocycles. The summed E-state index contributed by atoms with van der Waals surface area (Å²) in [5.41, 5.74) is 3.04. The van der Waals surface area contributed by atoms with Gasteiger partial charge in [0.2, 0.25) is 0 Å². The summed E-state index contributed by atoms with van der Waals surface area (Å²) in [6, 6.07) is 9.73. The number of rotatable bonds is 2. The van der Waals surface area contributed by atoms with Gasteiger partial charge in [-0.15, -0.1) is 0 Å². The molecule has 2 rings (SSSR count). The molecule has 0 amide bonds. The molecular formula is C17H19ClN2S. The van der Waals surface area contributed by atoms with Crippen molar-refractivity contribution in [3.63, 3.8) is 0 Å². The summed E-state index contributed by atoms with van der Waals surface area (Å²) in [6.07, 6.45) is 3.62. The largest absolute Gasteiger partial charge is 0.264 e. The molecule has 0 aliphatic carbocycles. The molecule has 2 nitrogen and oxygen atoms in total. The Balaban J connectivity index is 2.46. The highest BCUT2D eigenvalue weighted by Gasteiger charge is 2.17. The maximum absolute atomic E-state index is 6.01. The molecule has 0 atom stereocenters. The van der Waals surface area contributed by atoms with Crippen molar-refractivity contribution in [1.82, 2.24) is 4.98 Å². The molecule has 21 heavy (non-hydrogen) atoms. The summed E-state index contributed by atoms with van der Waals surface area (Å²) >= 11 is 7.75. The van der Waals surface area contributed by atoms with Crippen molar-refractivity contribution in [2.75, 3.05) is 0 Å². The van der Waals surface area contributed by atoms with E-state index in [9.17, 15) is 0 Å². The molecule has 0 aliphatic heterocycles. The van der Waals surface area contributed by atoms with Gasteiger partial charge in [0.1, 0.15) is 5.04 Å². The summed E-state index contributed by atoms with van der Waals surface area (Å²) < 4.78 is 0.0784. The molecule has 1 aromatic heterocycles. The minimum absolute atomic E-state index is 0.0784. The first kappa shape index (κ1) is 16.1. The Morgan fingerprint density at radius 2 is 2.00 bits per heavy atom. The molecule has 0 saturated heterocycles. The number of aliphatic imine (C=N–C) groups is 1. The summed E-state index contributed by atoms with van der Waals surface area (Å²) in [7, 11) is 0. The van der Waals surface area contributed by atoms with Crippen molar-refractivity contribution < 1.29 is 0 Å². The average molecular weight is 319 g/mol. The van der Waals surface area contributed by atoms with Crippen LogP contribution in [0.3, 0.4) is 0 Å². The van der Waals surface area contributed by atoms with Crippen LogP contribution in [0.15, 0.2) is 47.7 Å². The molecular weight excluding hydrogens is 300 g/mol. The van der Waals surface area contributed by atoms with Crippen molar-refractivity contribution in [2.45, 2.75) is 32.4 Å². The van der Waals surface area contributed by atoms with Crippen LogP contribution >= 0.6 is 23.4 Å². The number of benzene rings is 1. The zero-order valence-corrected chi connectivity index (χ0v) is 14.3. The highest BCUT2D eigenvalue weighted by atomic mass is 35.5. The van der Waals surface area contributed by atoms with Crippen molar-refractivity contribution in [2.24, 2.45) is 4.99 Å². The SMILES string of the molecule is Cc1cc(Cl)ccc1N=C(SC(C)(C)C)c1cccnc1. The highest BCUT2D eigenvalue weighted by Crippen LogP contribution is 2.31. The average Bonchev–Trinajstić information content (AvgIpc) is 2.40. The summed E-state index contributed by atoms with van der Waals surface area (Å²) in [5.74, 6) is 0. The van der Waals surface area contributed by atoms with Gasteiger partial charge in [0, 0.05) is 27.7 Å². The maximum Gasteiger partial charge on any atom is 0.106 e. The zero-order valence-electron chi connectivity index (χ0n) is 12.7. The quantitative estimate of drug-likeness (QED) is 0.528. The number of aryl methyl sites for hydroxylation is 1. The topological polar surface area (TPSA) is 25.2 Å². The van der Waals surface area contributed by atoms with Crippen LogP contribution in [0.25, 0.3) is 0 Å². The molecule has 4 heteroatoms. The number of aromatic nitrogens is 1. The lowest BCUT2D eigenvalue weighted by atomic mass is 10.2. The number of nitrogens with zero attached hydrogens (tertiary/aromatic N) is 2. The summed E-state index contributed by atoms with van der Waals surface area (Å²) in [5, 5.41) is 1.71. The number of halogens is 1. The summed E-state index contributed by atoms with van der Waals surface area (Å²) in [6.45, 7) is 8.56. The summed E-state index contributed by atoms with van der Waals surface area (Å²) in [4.78, 5) is 9.03. The Kier molecular flexibility index (Phi) is 5.07. The molecule has 1 aromatic carbocycles. The third-order valence-corrected chi connectivity index (χ3v) is 4.06. The van der Waals surface area contributed by atoms with Crippen molar-refractivity contribution in [3.8, 4) is 0 Å². The predicted molar refractivity (Wildman–Crippen MR) is 94.0 cm³/mol. The molecule has 110 valence electrons. The van der Waals surface area contributed by atoms with E-state index >= 15 is 0 Å². The second-order valence-electron chi connectivity index (χ2n) is 5.80. The van der Waals surface area contributed by atoms with Gasteiger partial charge in [-0.3, -0.25) is 4.98 Å². The molecule has 0 unspecified atom stereocenters. The second-order valence-corrected chi connectivity index (χ2v) is 8.06. The Labute approximate surface area is 135 Å².